The first-order valence-corrected chi connectivity index (χ1v) is 12.5. The minimum absolute atomic E-state index is 0.00627. The van der Waals surface area contributed by atoms with Gasteiger partial charge in [-0.1, -0.05) is 25.3 Å². The lowest BCUT2D eigenvalue weighted by molar-refractivity contribution is -0.146. The van der Waals surface area contributed by atoms with E-state index in [9.17, 15) is 9.59 Å². The number of methoxy groups -OCH3 is 1. The second-order valence-electron chi connectivity index (χ2n) is 8.81. The molecule has 31 heavy (non-hydrogen) atoms. The summed E-state index contributed by atoms with van der Waals surface area (Å²) in [6.45, 7) is 3.40. The van der Waals surface area contributed by atoms with Crippen LogP contribution in [0.1, 0.15) is 49.8 Å². The molecule has 2 heterocycles. The second kappa shape index (κ2) is 12.5. The highest BCUT2D eigenvalue weighted by Crippen LogP contribution is 2.30. The number of carbonyl (C=O) groups excluding carboxylic acids is 2. The van der Waals surface area contributed by atoms with E-state index in [0.717, 1.165) is 25.4 Å². The molecular formula is C23H38N4O3S. The molecule has 174 valence electrons. The second-order valence-corrected chi connectivity index (χ2v) is 9.84. The van der Waals surface area contributed by atoms with Crippen LogP contribution in [0.3, 0.4) is 0 Å². The number of nitrogens with zero attached hydrogens (tertiary/aromatic N) is 2. The highest BCUT2D eigenvalue weighted by molar-refractivity contribution is 7.09. The summed E-state index contributed by atoms with van der Waals surface area (Å²) in [5, 5.41) is 5.03. The summed E-state index contributed by atoms with van der Waals surface area (Å²) in [4.78, 5) is 31.2. The van der Waals surface area contributed by atoms with Crippen molar-refractivity contribution in [3.05, 3.63) is 22.4 Å². The first kappa shape index (κ1) is 24.2. The highest BCUT2D eigenvalue weighted by Gasteiger charge is 2.38. The van der Waals surface area contributed by atoms with Crippen LogP contribution in [0.4, 0.5) is 0 Å². The SMILES string of the molecule is COCC(=O)N1CCC(N(Cc2cccs2)CC2CCCCC2)C[C@@H]1C(=O)NCCN. The molecule has 2 amide bonds. The number of amides is 2. The van der Waals surface area contributed by atoms with E-state index in [1.807, 2.05) is 0 Å². The predicted octanol–water partition coefficient (Wildman–Crippen LogP) is 2.21. The van der Waals surface area contributed by atoms with Gasteiger partial charge in [-0.2, -0.15) is 0 Å². The normalized spacial score (nSPS) is 22.6. The first-order chi connectivity index (χ1) is 15.1. The van der Waals surface area contributed by atoms with Crippen molar-refractivity contribution in [2.75, 3.05) is 39.9 Å². The Balaban J connectivity index is 1.74. The lowest BCUT2D eigenvalue weighted by Gasteiger charge is -2.44. The third-order valence-electron chi connectivity index (χ3n) is 6.58. The number of rotatable bonds is 10. The zero-order valence-electron chi connectivity index (χ0n) is 18.8. The fourth-order valence-corrected chi connectivity index (χ4v) is 5.72. The van der Waals surface area contributed by atoms with Crippen molar-refractivity contribution in [2.45, 2.75) is 63.6 Å². The molecule has 1 aromatic heterocycles. The van der Waals surface area contributed by atoms with Crippen molar-refractivity contribution in [1.82, 2.24) is 15.1 Å². The van der Waals surface area contributed by atoms with E-state index in [4.69, 9.17) is 10.5 Å². The zero-order chi connectivity index (χ0) is 22.1. The molecule has 0 bridgehead atoms. The van der Waals surface area contributed by atoms with Crippen LogP contribution < -0.4 is 11.1 Å². The quantitative estimate of drug-likeness (QED) is 0.571. The summed E-state index contributed by atoms with van der Waals surface area (Å²) < 4.78 is 5.06. The molecule has 2 aliphatic rings. The fourth-order valence-electron chi connectivity index (χ4n) is 4.99. The van der Waals surface area contributed by atoms with Crippen molar-refractivity contribution >= 4 is 23.2 Å². The Hall–Kier alpha value is -1.48. The largest absolute Gasteiger partial charge is 0.375 e. The molecule has 2 fully saturated rings. The van der Waals surface area contributed by atoms with Gasteiger partial charge >= 0.3 is 0 Å². The molecule has 1 aromatic rings. The lowest BCUT2D eigenvalue weighted by Crippen LogP contribution is -2.58. The summed E-state index contributed by atoms with van der Waals surface area (Å²) in [6, 6.07) is 4.11. The number of carbonyl (C=O) groups is 2. The van der Waals surface area contributed by atoms with Crippen LogP contribution in [0.2, 0.25) is 0 Å². The smallest absolute Gasteiger partial charge is 0.249 e. The van der Waals surface area contributed by atoms with Gasteiger partial charge in [0, 0.05) is 50.8 Å². The van der Waals surface area contributed by atoms with Gasteiger partial charge in [0.1, 0.15) is 12.6 Å². The maximum atomic E-state index is 12.9. The number of thiophene rings is 1. The van der Waals surface area contributed by atoms with Crippen LogP contribution in [0.15, 0.2) is 17.5 Å². The molecular weight excluding hydrogens is 412 g/mol. The zero-order valence-corrected chi connectivity index (χ0v) is 19.6. The van der Waals surface area contributed by atoms with Crippen molar-refractivity contribution in [3.8, 4) is 0 Å². The van der Waals surface area contributed by atoms with E-state index in [0.29, 0.717) is 26.1 Å². The maximum absolute atomic E-state index is 12.9. The van der Waals surface area contributed by atoms with Crippen molar-refractivity contribution < 1.29 is 14.3 Å². The van der Waals surface area contributed by atoms with Gasteiger partial charge in [0.2, 0.25) is 11.8 Å². The topological polar surface area (TPSA) is 87.9 Å². The maximum Gasteiger partial charge on any atom is 0.249 e. The third kappa shape index (κ3) is 7.00. The van der Waals surface area contributed by atoms with Gasteiger partial charge in [-0.05, 0) is 43.0 Å². The Morgan fingerprint density at radius 2 is 2.10 bits per heavy atom. The molecule has 0 spiro atoms. The van der Waals surface area contributed by atoms with Gasteiger partial charge in [0.05, 0.1) is 0 Å². The van der Waals surface area contributed by atoms with Gasteiger partial charge in [-0.25, -0.2) is 0 Å². The number of likely N-dealkylation sites (tertiary alicyclic amines) is 1. The number of piperidine rings is 1. The Morgan fingerprint density at radius 1 is 1.29 bits per heavy atom. The molecule has 1 aliphatic heterocycles. The van der Waals surface area contributed by atoms with Crippen LogP contribution >= 0.6 is 11.3 Å². The summed E-state index contributed by atoms with van der Waals surface area (Å²) >= 11 is 1.79. The Kier molecular flexibility index (Phi) is 9.77. The minimum Gasteiger partial charge on any atom is -0.375 e. The van der Waals surface area contributed by atoms with E-state index in [2.05, 4.69) is 27.7 Å². The molecule has 8 heteroatoms. The van der Waals surface area contributed by atoms with Gasteiger partial charge in [0.15, 0.2) is 0 Å². The Bertz CT molecular complexity index is 678. The number of ether oxygens (including phenoxy) is 1. The fraction of sp³-hybridized carbons (Fsp3) is 0.739. The number of hydrogen-bond donors (Lipinski definition) is 2. The number of nitrogens with one attached hydrogen (secondary N) is 1. The van der Waals surface area contributed by atoms with Gasteiger partial charge in [-0.15, -0.1) is 11.3 Å². The van der Waals surface area contributed by atoms with Crippen LogP contribution in [-0.2, 0) is 20.9 Å². The van der Waals surface area contributed by atoms with E-state index >= 15 is 0 Å². The van der Waals surface area contributed by atoms with E-state index in [1.165, 1.54) is 44.1 Å². The van der Waals surface area contributed by atoms with Crippen LogP contribution in [-0.4, -0.2) is 73.6 Å². The van der Waals surface area contributed by atoms with E-state index in [1.54, 1.807) is 16.2 Å². The number of hydrogen-bond acceptors (Lipinski definition) is 6. The molecule has 3 N–H and O–H groups in total. The molecule has 1 unspecified atom stereocenters. The molecule has 1 aliphatic carbocycles. The van der Waals surface area contributed by atoms with Crippen molar-refractivity contribution in [1.29, 1.82) is 0 Å². The molecule has 0 radical (unpaired) electrons. The highest BCUT2D eigenvalue weighted by atomic mass is 32.1. The lowest BCUT2D eigenvalue weighted by atomic mass is 9.87. The van der Waals surface area contributed by atoms with Crippen LogP contribution in [0, 0.1) is 5.92 Å². The average Bonchev–Trinajstić information content (AvgIpc) is 3.30. The molecule has 1 saturated carbocycles. The third-order valence-corrected chi connectivity index (χ3v) is 7.44. The summed E-state index contributed by atoms with van der Waals surface area (Å²) in [7, 11) is 1.51. The number of nitrogens with two attached hydrogens (primary N) is 1. The van der Waals surface area contributed by atoms with Crippen molar-refractivity contribution in [2.24, 2.45) is 11.7 Å². The molecule has 3 rings (SSSR count). The van der Waals surface area contributed by atoms with Crippen LogP contribution in [0.5, 0.6) is 0 Å². The van der Waals surface area contributed by atoms with Crippen LogP contribution in [0.25, 0.3) is 0 Å². The van der Waals surface area contributed by atoms with Gasteiger partial charge < -0.3 is 20.7 Å². The Labute approximate surface area is 190 Å². The summed E-state index contributed by atoms with van der Waals surface area (Å²) in [6.07, 6.45) is 8.14. The minimum atomic E-state index is -0.467. The Morgan fingerprint density at radius 3 is 2.77 bits per heavy atom. The van der Waals surface area contributed by atoms with Crippen molar-refractivity contribution in [3.63, 3.8) is 0 Å². The van der Waals surface area contributed by atoms with E-state index < -0.39 is 6.04 Å². The van der Waals surface area contributed by atoms with Gasteiger partial charge in [-0.3, -0.25) is 14.5 Å². The monoisotopic (exact) mass is 450 g/mol. The molecule has 0 aromatic carbocycles. The summed E-state index contributed by atoms with van der Waals surface area (Å²) in [5.41, 5.74) is 5.58. The van der Waals surface area contributed by atoms with Gasteiger partial charge in [0.25, 0.3) is 0 Å². The molecule has 1 saturated heterocycles. The molecule has 7 nitrogen and oxygen atoms in total. The standard InChI is InChI=1S/C23H38N4O3S/c1-30-17-22(28)27-12-9-19(14-21(27)23(29)25-11-10-24)26(16-20-8-5-13-31-20)15-18-6-3-2-4-7-18/h5,8,13,18-19,21H,2-4,6-7,9-12,14-17,24H2,1H3,(H,25,29)/t19?,21-/m1/s1. The summed E-state index contributed by atoms with van der Waals surface area (Å²) in [5.74, 6) is 0.505. The van der Waals surface area contributed by atoms with E-state index in [-0.39, 0.29) is 24.5 Å². The molecule has 2 atom stereocenters. The first-order valence-electron chi connectivity index (χ1n) is 11.6. The average molecular weight is 451 g/mol. The predicted molar refractivity (Wildman–Crippen MR) is 124 cm³/mol.